The second-order valence-corrected chi connectivity index (χ2v) is 7.47. The third-order valence-corrected chi connectivity index (χ3v) is 5.59. The van der Waals surface area contributed by atoms with Crippen molar-refractivity contribution >= 4 is 21.4 Å². The Labute approximate surface area is 122 Å². The van der Waals surface area contributed by atoms with Crippen molar-refractivity contribution in [3.63, 3.8) is 0 Å². The fraction of sp³-hybridized carbons (Fsp3) is 0.308. The summed E-state index contributed by atoms with van der Waals surface area (Å²) in [6, 6.07) is 5.23. The summed E-state index contributed by atoms with van der Waals surface area (Å²) in [7, 11) is -3.67. The summed E-state index contributed by atoms with van der Waals surface area (Å²) in [5, 5.41) is 10.3. The predicted octanol–water partition coefficient (Wildman–Crippen LogP) is 2.51. The maximum absolute atomic E-state index is 12.2. The molecule has 0 bridgehead atoms. The van der Waals surface area contributed by atoms with E-state index in [0.717, 1.165) is 15.6 Å². The number of aromatic nitrogens is 1. The van der Waals surface area contributed by atoms with Crippen molar-refractivity contribution in [2.45, 2.75) is 31.7 Å². The van der Waals surface area contributed by atoms with Gasteiger partial charge in [-0.15, -0.1) is 11.3 Å². The van der Waals surface area contributed by atoms with Crippen LogP contribution in [0.4, 0.5) is 0 Å². The minimum Gasteiger partial charge on any atom is -0.508 e. The monoisotopic (exact) mass is 312 g/mol. The summed E-state index contributed by atoms with van der Waals surface area (Å²) in [5.74, 6) is -0.0784. The van der Waals surface area contributed by atoms with Gasteiger partial charge in [0.25, 0.3) is 0 Å². The van der Waals surface area contributed by atoms with Crippen molar-refractivity contribution in [1.29, 1.82) is 0 Å². The molecule has 0 saturated carbocycles. The highest BCUT2D eigenvalue weighted by atomic mass is 32.2. The van der Waals surface area contributed by atoms with Crippen LogP contribution in [0.5, 0.6) is 5.75 Å². The largest absolute Gasteiger partial charge is 0.508 e. The van der Waals surface area contributed by atoms with Gasteiger partial charge in [0.05, 0.1) is 21.6 Å². The van der Waals surface area contributed by atoms with Crippen molar-refractivity contribution in [2.75, 3.05) is 0 Å². The molecule has 1 aromatic carbocycles. The predicted molar refractivity (Wildman–Crippen MR) is 78.4 cm³/mol. The number of nitrogens with one attached hydrogen (secondary N) is 1. The molecule has 1 heterocycles. The Hall–Kier alpha value is -1.44. The lowest BCUT2D eigenvalue weighted by atomic mass is 10.2. The zero-order valence-corrected chi connectivity index (χ0v) is 13.0. The molecule has 0 saturated heterocycles. The summed E-state index contributed by atoms with van der Waals surface area (Å²) >= 11 is 1.47. The molecule has 1 unspecified atom stereocenters. The molecule has 1 atom stereocenters. The van der Waals surface area contributed by atoms with Crippen LogP contribution in [0.1, 0.15) is 28.5 Å². The van der Waals surface area contributed by atoms with Gasteiger partial charge in [0.15, 0.2) is 0 Å². The Morgan fingerprint density at radius 3 is 2.60 bits per heavy atom. The average molecular weight is 312 g/mol. The van der Waals surface area contributed by atoms with Gasteiger partial charge in [-0.2, -0.15) is 0 Å². The fourth-order valence-corrected chi connectivity index (χ4v) is 4.21. The highest BCUT2D eigenvalue weighted by Gasteiger charge is 2.21. The van der Waals surface area contributed by atoms with Crippen LogP contribution in [-0.4, -0.2) is 18.5 Å². The minimum atomic E-state index is -3.67. The van der Waals surface area contributed by atoms with E-state index in [-0.39, 0.29) is 16.7 Å². The van der Waals surface area contributed by atoms with Crippen LogP contribution in [0.3, 0.4) is 0 Å². The third kappa shape index (κ3) is 3.17. The third-order valence-electron chi connectivity index (χ3n) is 2.79. The molecule has 2 rings (SSSR count). The first-order chi connectivity index (χ1) is 9.29. The second kappa shape index (κ2) is 5.51. The molecule has 0 fully saturated rings. The normalized spacial score (nSPS) is 13.3. The first-order valence-corrected chi connectivity index (χ1v) is 8.35. The molecule has 0 amide bonds. The van der Waals surface area contributed by atoms with Crippen molar-refractivity contribution < 1.29 is 13.5 Å². The lowest BCUT2D eigenvalue weighted by Gasteiger charge is -2.13. The first kappa shape index (κ1) is 15.0. The summed E-state index contributed by atoms with van der Waals surface area (Å²) in [6.07, 6.45) is 0. The van der Waals surface area contributed by atoms with Crippen LogP contribution in [0.25, 0.3) is 0 Å². The van der Waals surface area contributed by atoms with Crippen LogP contribution >= 0.6 is 11.3 Å². The van der Waals surface area contributed by atoms with Gasteiger partial charge in [-0.3, -0.25) is 0 Å². The maximum atomic E-state index is 12.2. The summed E-state index contributed by atoms with van der Waals surface area (Å²) < 4.78 is 27.1. The zero-order chi connectivity index (χ0) is 14.9. The average Bonchev–Trinajstić information content (AvgIpc) is 2.68. The topological polar surface area (TPSA) is 79.3 Å². The van der Waals surface area contributed by atoms with E-state index in [9.17, 15) is 13.5 Å². The Kier molecular flexibility index (Phi) is 4.12. The standard InChI is InChI=1S/C13H16N2O3S2/c1-8-13(19-10(3)14-8)9(2)15-20(17,18)12-6-4-5-11(16)7-12/h4-7,9,15-16H,1-3H3. The Balaban J connectivity index is 2.26. The summed E-state index contributed by atoms with van der Waals surface area (Å²) in [6.45, 7) is 5.52. The van der Waals surface area contributed by atoms with Crippen LogP contribution in [0.15, 0.2) is 29.2 Å². The number of hydrogen-bond acceptors (Lipinski definition) is 5. The van der Waals surface area contributed by atoms with Gasteiger partial charge < -0.3 is 5.11 Å². The van der Waals surface area contributed by atoms with E-state index in [1.165, 1.54) is 35.6 Å². The van der Waals surface area contributed by atoms with Crippen molar-refractivity contribution in [1.82, 2.24) is 9.71 Å². The van der Waals surface area contributed by atoms with Gasteiger partial charge in [-0.05, 0) is 39.0 Å². The number of aryl methyl sites for hydroxylation is 2. The van der Waals surface area contributed by atoms with Gasteiger partial charge in [-0.1, -0.05) is 6.07 Å². The highest BCUT2D eigenvalue weighted by molar-refractivity contribution is 7.89. The lowest BCUT2D eigenvalue weighted by Crippen LogP contribution is -2.26. The van der Waals surface area contributed by atoms with Gasteiger partial charge in [0, 0.05) is 4.88 Å². The van der Waals surface area contributed by atoms with Gasteiger partial charge in [-0.25, -0.2) is 18.1 Å². The molecule has 7 heteroatoms. The fourth-order valence-electron chi connectivity index (χ4n) is 1.95. The van der Waals surface area contributed by atoms with Gasteiger partial charge in [0.1, 0.15) is 5.75 Å². The zero-order valence-electron chi connectivity index (χ0n) is 11.4. The first-order valence-electron chi connectivity index (χ1n) is 6.05. The number of sulfonamides is 1. The molecule has 5 nitrogen and oxygen atoms in total. The van der Waals surface area contributed by atoms with E-state index in [1.54, 1.807) is 6.92 Å². The number of thiazole rings is 1. The molecular weight excluding hydrogens is 296 g/mol. The maximum Gasteiger partial charge on any atom is 0.241 e. The van der Waals surface area contributed by atoms with E-state index in [2.05, 4.69) is 9.71 Å². The number of aromatic hydroxyl groups is 1. The number of nitrogens with zero attached hydrogens (tertiary/aromatic N) is 1. The van der Waals surface area contributed by atoms with Crippen LogP contribution in [-0.2, 0) is 10.0 Å². The van der Waals surface area contributed by atoms with E-state index < -0.39 is 10.0 Å². The molecule has 1 aromatic heterocycles. The van der Waals surface area contributed by atoms with E-state index in [1.807, 2.05) is 13.8 Å². The van der Waals surface area contributed by atoms with Crippen molar-refractivity contribution in [3.05, 3.63) is 39.8 Å². The number of rotatable bonds is 4. The summed E-state index contributed by atoms with van der Waals surface area (Å²) in [4.78, 5) is 5.23. The van der Waals surface area contributed by atoms with Crippen LogP contribution in [0.2, 0.25) is 0 Å². The molecule has 0 radical (unpaired) electrons. The SMILES string of the molecule is Cc1nc(C)c(C(C)NS(=O)(=O)c2cccc(O)c2)s1. The molecule has 108 valence electrons. The van der Waals surface area contributed by atoms with Gasteiger partial charge in [0.2, 0.25) is 10.0 Å². The summed E-state index contributed by atoms with van der Waals surface area (Å²) in [5.41, 5.74) is 0.832. The number of phenols is 1. The van der Waals surface area contributed by atoms with E-state index in [4.69, 9.17) is 0 Å². The molecule has 0 aliphatic carbocycles. The molecule has 0 aliphatic heterocycles. The molecular formula is C13H16N2O3S2. The quantitative estimate of drug-likeness (QED) is 0.909. The van der Waals surface area contributed by atoms with E-state index in [0.29, 0.717) is 0 Å². The number of benzene rings is 1. The lowest BCUT2D eigenvalue weighted by molar-refractivity contribution is 0.473. The van der Waals surface area contributed by atoms with E-state index >= 15 is 0 Å². The molecule has 20 heavy (non-hydrogen) atoms. The van der Waals surface area contributed by atoms with Gasteiger partial charge >= 0.3 is 0 Å². The van der Waals surface area contributed by atoms with Crippen LogP contribution in [0, 0.1) is 13.8 Å². The number of phenolic OH excluding ortho intramolecular Hbond substituents is 1. The van der Waals surface area contributed by atoms with Crippen molar-refractivity contribution in [3.8, 4) is 5.75 Å². The molecule has 0 spiro atoms. The molecule has 2 N–H and O–H groups in total. The molecule has 0 aliphatic rings. The minimum absolute atomic E-state index is 0.0447. The second-order valence-electron chi connectivity index (χ2n) is 4.52. The number of hydrogen-bond donors (Lipinski definition) is 2. The smallest absolute Gasteiger partial charge is 0.241 e. The van der Waals surface area contributed by atoms with Crippen LogP contribution < -0.4 is 4.72 Å². The Morgan fingerprint density at radius 1 is 1.35 bits per heavy atom. The highest BCUT2D eigenvalue weighted by Crippen LogP contribution is 2.26. The molecule has 2 aromatic rings. The Bertz CT molecular complexity index is 723. The van der Waals surface area contributed by atoms with Crippen molar-refractivity contribution in [2.24, 2.45) is 0 Å². The Morgan fingerprint density at radius 2 is 2.05 bits per heavy atom.